The number of hydrogen-bond donors (Lipinski definition) is 1. The van der Waals surface area contributed by atoms with Gasteiger partial charge in [0.25, 0.3) is 0 Å². The van der Waals surface area contributed by atoms with Crippen LogP contribution in [-0.2, 0) is 0 Å². The van der Waals surface area contributed by atoms with E-state index in [0.717, 1.165) is 29.1 Å². The molecule has 0 saturated heterocycles. The van der Waals surface area contributed by atoms with Crippen molar-refractivity contribution in [1.82, 2.24) is 9.97 Å². The quantitative estimate of drug-likeness (QED) is 0.859. The van der Waals surface area contributed by atoms with Crippen LogP contribution < -0.4 is 10.6 Å². The molecule has 0 aliphatic heterocycles. The summed E-state index contributed by atoms with van der Waals surface area (Å²) in [5, 5.41) is 1.16. The highest BCUT2D eigenvalue weighted by Gasteiger charge is 2.16. The van der Waals surface area contributed by atoms with Gasteiger partial charge in [0, 0.05) is 24.4 Å². The largest absolute Gasteiger partial charge is 0.393 e. The van der Waals surface area contributed by atoms with E-state index in [4.69, 9.17) is 18.0 Å². The number of aromatic nitrogens is 2. The van der Waals surface area contributed by atoms with E-state index >= 15 is 0 Å². The molecule has 19 heavy (non-hydrogen) atoms. The van der Waals surface area contributed by atoms with Gasteiger partial charge < -0.3 is 10.6 Å². The number of aryl methyl sites for hydroxylation is 2. The molecular weight excluding hydrogens is 276 g/mol. The summed E-state index contributed by atoms with van der Waals surface area (Å²) in [6.45, 7) is 8.04. The molecule has 2 N–H and O–H groups in total. The fourth-order valence-corrected chi connectivity index (χ4v) is 3.15. The monoisotopic (exact) mass is 294 g/mol. The fraction of sp³-hybridized carbons (Fsp3) is 0.462. The standard InChI is InChI=1S/C13H18N4S2/c1-4-17(6-5-10(14)18)12-11-8(2)9(3)19-13(11)16-7-15-12/h7H,4-6H2,1-3H3,(H2,14,18). The molecule has 4 nitrogen and oxygen atoms in total. The zero-order valence-electron chi connectivity index (χ0n) is 11.4. The second-order valence-corrected chi connectivity index (χ2v) is 6.18. The van der Waals surface area contributed by atoms with E-state index in [1.165, 1.54) is 10.4 Å². The molecular formula is C13H18N4S2. The molecule has 0 aliphatic rings. The summed E-state index contributed by atoms with van der Waals surface area (Å²) < 4.78 is 0. The molecule has 2 rings (SSSR count). The smallest absolute Gasteiger partial charge is 0.141 e. The minimum absolute atomic E-state index is 0.543. The lowest BCUT2D eigenvalue weighted by Gasteiger charge is -2.22. The van der Waals surface area contributed by atoms with Gasteiger partial charge in [-0.15, -0.1) is 11.3 Å². The molecule has 0 spiro atoms. The number of thiophene rings is 1. The van der Waals surface area contributed by atoms with Crippen LogP contribution in [0.15, 0.2) is 6.33 Å². The Bertz CT molecular complexity index is 606. The van der Waals surface area contributed by atoms with Crippen LogP contribution in [0.1, 0.15) is 23.8 Å². The van der Waals surface area contributed by atoms with Gasteiger partial charge in [-0.2, -0.15) is 0 Å². The topological polar surface area (TPSA) is 55.0 Å². The second kappa shape index (κ2) is 5.79. The lowest BCUT2D eigenvalue weighted by Crippen LogP contribution is -2.28. The summed E-state index contributed by atoms with van der Waals surface area (Å²) in [5.74, 6) is 0.991. The highest BCUT2D eigenvalue weighted by Crippen LogP contribution is 2.34. The fourth-order valence-electron chi connectivity index (χ4n) is 2.06. The van der Waals surface area contributed by atoms with Crippen molar-refractivity contribution in [3.05, 3.63) is 16.8 Å². The molecule has 6 heteroatoms. The number of anilines is 1. The Morgan fingerprint density at radius 1 is 1.42 bits per heavy atom. The lowest BCUT2D eigenvalue weighted by molar-refractivity contribution is 0.822. The number of rotatable bonds is 5. The maximum absolute atomic E-state index is 5.59. The molecule has 0 saturated carbocycles. The number of nitrogens with two attached hydrogens (primary N) is 1. The van der Waals surface area contributed by atoms with E-state index < -0.39 is 0 Å². The van der Waals surface area contributed by atoms with E-state index in [2.05, 4.69) is 35.6 Å². The van der Waals surface area contributed by atoms with Crippen LogP contribution in [0.25, 0.3) is 10.2 Å². The number of nitrogens with zero attached hydrogens (tertiary/aromatic N) is 3. The van der Waals surface area contributed by atoms with Crippen molar-refractivity contribution in [2.45, 2.75) is 27.2 Å². The first kappa shape index (κ1) is 14.1. The summed E-state index contributed by atoms with van der Waals surface area (Å²) in [7, 11) is 0. The van der Waals surface area contributed by atoms with E-state index in [9.17, 15) is 0 Å². The maximum Gasteiger partial charge on any atom is 0.141 e. The number of thiocarbonyl (C=S) groups is 1. The third-order valence-corrected chi connectivity index (χ3v) is 4.57. The lowest BCUT2D eigenvalue weighted by atomic mass is 10.2. The van der Waals surface area contributed by atoms with Crippen molar-refractivity contribution < 1.29 is 0 Å². The average Bonchev–Trinajstić information content (AvgIpc) is 2.66. The molecule has 0 aromatic carbocycles. The van der Waals surface area contributed by atoms with Crippen LogP contribution in [0, 0.1) is 13.8 Å². The van der Waals surface area contributed by atoms with E-state index in [1.54, 1.807) is 17.7 Å². The van der Waals surface area contributed by atoms with Crippen molar-refractivity contribution >= 4 is 44.6 Å². The first-order valence-corrected chi connectivity index (χ1v) is 7.51. The van der Waals surface area contributed by atoms with Crippen LogP contribution in [0.2, 0.25) is 0 Å². The summed E-state index contributed by atoms with van der Waals surface area (Å²) in [6, 6.07) is 0. The van der Waals surface area contributed by atoms with Gasteiger partial charge in [-0.3, -0.25) is 0 Å². The average molecular weight is 294 g/mol. The van der Waals surface area contributed by atoms with Gasteiger partial charge in [0.15, 0.2) is 0 Å². The van der Waals surface area contributed by atoms with Crippen molar-refractivity contribution in [2.75, 3.05) is 18.0 Å². The molecule has 2 aromatic rings. The van der Waals surface area contributed by atoms with Gasteiger partial charge in [0.1, 0.15) is 17.0 Å². The highest BCUT2D eigenvalue weighted by molar-refractivity contribution is 7.80. The predicted octanol–water partition coefficient (Wildman–Crippen LogP) is 2.81. The Balaban J connectivity index is 2.44. The van der Waals surface area contributed by atoms with Crippen molar-refractivity contribution in [2.24, 2.45) is 5.73 Å². The highest BCUT2D eigenvalue weighted by atomic mass is 32.1. The van der Waals surface area contributed by atoms with Crippen LogP contribution in [0.4, 0.5) is 5.82 Å². The van der Waals surface area contributed by atoms with Gasteiger partial charge in [-0.25, -0.2) is 9.97 Å². The third kappa shape index (κ3) is 2.84. The first-order valence-electron chi connectivity index (χ1n) is 6.28. The van der Waals surface area contributed by atoms with Crippen LogP contribution in [0.5, 0.6) is 0 Å². The molecule has 2 aromatic heterocycles. The van der Waals surface area contributed by atoms with Crippen LogP contribution in [0.3, 0.4) is 0 Å². The van der Waals surface area contributed by atoms with Crippen molar-refractivity contribution in [1.29, 1.82) is 0 Å². The number of fused-ring (bicyclic) bond motifs is 1. The Hall–Kier alpha value is -1.27. The van der Waals surface area contributed by atoms with Gasteiger partial charge in [-0.05, 0) is 26.3 Å². The Kier molecular flexibility index (Phi) is 4.31. The summed E-state index contributed by atoms with van der Waals surface area (Å²) in [4.78, 5) is 13.9. The molecule has 0 atom stereocenters. The van der Waals surface area contributed by atoms with Gasteiger partial charge in [-0.1, -0.05) is 12.2 Å². The van der Waals surface area contributed by atoms with Crippen LogP contribution in [-0.4, -0.2) is 28.0 Å². The normalized spacial score (nSPS) is 10.9. The van der Waals surface area contributed by atoms with E-state index in [-0.39, 0.29) is 0 Å². The molecule has 0 radical (unpaired) electrons. The first-order chi connectivity index (χ1) is 9.04. The number of hydrogen-bond acceptors (Lipinski definition) is 5. The SMILES string of the molecule is CCN(CCC(N)=S)c1ncnc2sc(C)c(C)c12. The molecule has 0 bridgehead atoms. The zero-order valence-corrected chi connectivity index (χ0v) is 13.1. The predicted molar refractivity (Wildman–Crippen MR) is 86.2 cm³/mol. The summed E-state index contributed by atoms with van der Waals surface area (Å²) in [5.41, 5.74) is 6.86. The summed E-state index contributed by atoms with van der Waals surface area (Å²) in [6.07, 6.45) is 2.34. The minimum Gasteiger partial charge on any atom is -0.393 e. The van der Waals surface area contributed by atoms with Crippen molar-refractivity contribution in [3.8, 4) is 0 Å². The third-order valence-electron chi connectivity index (χ3n) is 3.25. The Morgan fingerprint density at radius 3 is 2.79 bits per heavy atom. The van der Waals surface area contributed by atoms with E-state index in [1.807, 2.05) is 0 Å². The zero-order chi connectivity index (χ0) is 14.0. The second-order valence-electron chi connectivity index (χ2n) is 4.46. The molecule has 2 heterocycles. The van der Waals surface area contributed by atoms with E-state index in [0.29, 0.717) is 11.4 Å². The molecule has 102 valence electrons. The molecule has 0 unspecified atom stereocenters. The molecule has 0 amide bonds. The summed E-state index contributed by atoms with van der Waals surface area (Å²) >= 11 is 6.67. The Labute approximate surface area is 122 Å². The molecule has 0 aliphatic carbocycles. The van der Waals surface area contributed by atoms with Crippen molar-refractivity contribution in [3.63, 3.8) is 0 Å². The van der Waals surface area contributed by atoms with Gasteiger partial charge in [0.05, 0.1) is 10.4 Å². The minimum atomic E-state index is 0.543. The molecule has 0 fully saturated rings. The van der Waals surface area contributed by atoms with Gasteiger partial charge >= 0.3 is 0 Å². The maximum atomic E-state index is 5.59. The van der Waals surface area contributed by atoms with Gasteiger partial charge in [0.2, 0.25) is 0 Å². The Morgan fingerprint density at radius 2 is 2.16 bits per heavy atom. The van der Waals surface area contributed by atoms with Crippen LogP contribution >= 0.6 is 23.6 Å².